The molecule has 0 aliphatic carbocycles. The lowest BCUT2D eigenvalue weighted by Gasteiger charge is -2.33. The van der Waals surface area contributed by atoms with E-state index in [1.807, 2.05) is 13.8 Å². The third-order valence-electron chi connectivity index (χ3n) is 4.75. The smallest absolute Gasteiger partial charge is 0.225 e. The fourth-order valence-corrected chi connectivity index (χ4v) is 4.70. The average molecular weight is 345 g/mol. The first-order valence-electron chi connectivity index (χ1n) is 8.11. The van der Waals surface area contributed by atoms with Crippen molar-refractivity contribution in [3.05, 3.63) is 0 Å². The first-order chi connectivity index (χ1) is 10.6. The summed E-state index contributed by atoms with van der Waals surface area (Å²) in [5.41, 5.74) is -0.505. The molecule has 0 bridgehead atoms. The maximum atomic E-state index is 12.4. The van der Waals surface area contributed by atoms with E-state index in [1.54, 1.807) is 23.8 Å². The van der Waals surface area contributed by atoms with E-state index < -0.39 is 15.4 Å². The molecule has 132 valence electrons. The Morgan fingerprint density at radius 2 is 1.87 bits per heavy atom. The largest absolute Gasteiger partial charge is 0.345 e. The van der Waals surface area contributed by atoms with E-state index in [1.165, 1.54) is 4.31 Å². The van der Waals surface area contributed by atoms with Gasteiger partial charge in [-0.3, -0.25) is 9.59 Å². The maximum absolute atomic E-state index is 12.4. The minimum atomic E-state index is -3.35. The van der Waals surface area contributed by atoms with Gasteiger partial charge in [-0.05, 0) is 6.92 Å². The highest BCUT2D eigenvalue weighted by atomic mass is 32.2. The number of rotatable bonds is 3. The van der Waals surface area contributed by atoms with E-state index in [2.05, 4.69) is 0 Å². The van der Waals surface area contributed by atoms with Crippen molar-refractivity contribution < 1.29 is 18.0 Å². The topological polar surface area (TPSA) is 78.0 Å². The standard InChI is InChI=1S/C15H27N3O4S/c1-5-23(21,22)18-7-6-17(14(20)12(2)3)10-15(11-18)8-13(19)16(4)9-15/h12H,5-11H2,1-4H3/t15-/m0/s1. The summed E-state index contributed by atoms with van der Waals surface area (Å²) < 4.78 is 26.2. The molecule has 0 radical (unpaired) electrons. The molecule has 2 aliphatic rings. The molecule has 23 heavy (non-hydrogen) atoms. The number of carbonyl (C=O) groups is 2. The van der Waals surface area contributed by atoms with Crippen LogP contribution in [-0.4, -0.2) is 79.9 Å². The van der Waals surface area contributed by atoms with Crippen LogP contribution in [0.4, 0.5) is 0 Å². The molecule has 1 atom stereocenters. The molecular weight excluding hydrogens is 318 g/mol. The van der Waals surface area contributed by atoms with Gasteiger partial charge in [-0.2, -0.15) is 4.31 Å². The summed E-state index contributed by atoms with van der Waals surface area (Å²) in [6.07, 6.45) is 0.293. The Labute approximate surface area is 138 Å². The summed E-state index contributed by atoms with van der Waals surface area (Å²) in [5, 5.41) is 0. The average Bonchev–Trinajstić information content (AvgIpc) is 2.64. The molecule has 7 nitrogen and oxygen atoms in total. The summed E-state index contributed by atoms with van der Waals surface area (Å²) in [6.45, 7) is 7.22. The monoisotopic (exact) mass is 345 g/mol. The number of amides is 2. The van der Waals surface area contributed by atoms with Crippen molar-refractivity contribution in [2.45, 2.75) is 27.2 Å². The van der Waals surface area contributed by atoms with Crippen molar-refractivity contribution >= 4 is 21.8 Å². The van der Waals surface area contributed by atoms with Crippen molar-refractivity contribution in [2.24, 2.45) is 11.3 Å². The highest BCUT2D eigenvalue weighted by Gasteiger charge is 2.47. The summed E-state index contributed by atoms with van der Waals surface area (Å²) in [4.78, 5) is 27.9. The van der Waals surface area contributed by atoms with Gasteiger partial charge in [0.15, 0.2) is 0 Å². The van der Waals surface area contributed by atoms with Gasteiger partial charge in [0.05, 0.1) is 5.75 Å². The lowest BCUT2D eigenvalue weighted by molar-refractivity contribution is -0.135. The zero-order valence-electron chi connectivity index (χ0n) is 14.4. The van der Waals surface area contributed by atoms with Crippen LogP contribution in [0.15, 0.2) is 0 Å². The van der Waals surface area contributed by atoms with Crippen LogP contribution in [0.3, 0.4) is 0 Å². The van der Waals surface area contributed by atoms with Crippen molar-refractivity contribution in [1.29, 1.82) is 0 Å². The molecule has 0 aromatic carbocycles. The van der Waals surface area contributed by atoms with Gasteiger partial charge in [0.1, 0.15) is 0 Å². The molecule has 1 spiro atoms. The van der Waals surface area contributed by atoms with Crippen molar-refractivity contribution in [3.8, 4) is 0 Å². The Balaban J connectivity index is 2.34. The lowest BCUT2D eigenvalue weighted by atomic mass is 9.86. The second-order valence-corrected chi connectivity index (χ2v) is 9.33. The molecule has 2 amide bonds. The number of sulfonamides is 1. The minimum absolute atomic E-state index is 0.0118. The first kappa shape index (κ1) is 18.2. The predicted octanol–water partition coefficient (Wildman–Crippen LogP) is -0.0152. The van der Waals surface area contributed by atoms with Crippen LogP contribution in [0.2, 0.25) is 0 Å². The zero-order valence-corrected chi connectivity index (χ0v) is 15.2. The van der Waals surface area contributed by atoms with E-state index in [4.69, 9.17) is 0 Å². The third-order valence-corrected chi connectivity index (χ3v) is 6.57. The van der Waals surface area contributed by atoms with Gasteiger partial charge in [0.2, 0.25) is 21.8 Å². The number of hydrogen-bond donors (Lipinski definition) is 0. The van der Waals surface area contributed by atoms with E-state index in [9.17, 15) is 18.0 Å². The van der Waals surface area contributed by atoms with Gasteiger partial charge in [-0.25, -0.2) is 8.42 Å². The Morgan fingerprint density at radius 1 is 1.22 bits per heavy atom. The van der Waals surface area contributed by atoms with Crippen LogP contribution < -0.4 is 0 Å². The third kappa shape index (κ3) is 3.68. The molecule has 2 heterocycles. The van der Waals surface area contributed by atoms with Crippen LogP contribution in [0.1, 0.15) is 27.2 Å². The Morgan fingerprint density at radius 3 is 2.35 bits per heavy atom. The van der Waals surface area contributed by atoms with E-state index in [-0.39, 0.29) is 23.5 Å². The van der Waals surface area contributed by atoms with Crippen LogP contribution in [0.5, 0.6) is 0 Å². The Hall–Kier alpha value is -1.15. The van der Waals surface area contributed by atoms with Crippen LogP contribution in [0.25, 0.3) is 0 Å². The summed E-state index contributed by atoms with van der Waals surface area (Å²) in [5.74, 6) is -0.0821. The molecule has 0 saturated carbocycles. The normalized spacial score (nSPS) is 27.1. The molecule has 2 fully saturated rings. The molecule has 0 aromatic heterocycles. The number of nitrogens with zero attached hydrogens (tertiary/aromatic N) is 3. The molecule has 2 aliphatic heterocycles. The quantitative estimate of drug-likeness (QED) is 0.720. The van der Waals surface area contributed by atoms with Gasteiger partial charge in [0, 0.05) is 57.5 Å². The maximum Gasteiger partial charge on any atom is 0.225 e. The zero-order chi connectivity index (χ0) is 17.4. The fraction of sp³-hybridized carbons (Fsp3) is 0.867. The van der Waals surface area contributed by atoms with Gasteiger partial charge < -0.3 is 9.80 Å². The number of hydrogen-bond acceptors (Lipinski definition) is 4. The molecule has 0 N–H and O–H groups in total. The molecule has 2 rings (SSSR count). The first-order valence-corrected chi connectivity index (χ1v) is 9.72. The summed E-state index contributed by atoms with van der Waals surface area (Å²) in [7, 11) is -1.62. The SMILES string of the molecule is CCS(=O)(=O)N1CCN(C(=O)C(C)C)C[C@@]2(CC(=O)N(C)C2)C1. The van der Waals surface area contributed by atoms with Gasteiger partial charge in [-0.15, -0.1) is 0 Å². The highest BCUT2D eigenvalue weighted by Crippen LogP contribution is 2.35. The second kappa shape index (κ2) is 6.39. The second-order valence-electron chi connectivity index (χ2n) is 7.08. The number of likely N-dealkylation sites (tertiary alicyclic amines) is 1. The molecule has 0 aromatic rings. The van der Waals surface area contributed by atoms with E-state index >= 15 is 0 Å². The van der Waals surface area contributed by atoms with Gasteiger partial charge >= 0.3 is 0 Å². The molecule has 8 heteroatoms. The van der Waals surface area contributed by atoms with Crippen LogP contribution in [0, 0.1) is 11.3 Å². The number of carbonyl (C=O) groups excluding carboxylic acids is 2. The Kier molecular flexibility index (Phi) is 5.06. The predicted molar refractivity (Wildman–Crippen MR) is 87.1 cm³/mol. The van der Waals surface area contributed by atoms with Gasteiger partial charge in [0.25, 0.3) is 0 Å². The fourth-order valence-electron chi connectivity index (χ4n) is 3.51. The van der Waals surface area contributed by atoms with Gasteiger partial charge in [-0.1, -0.05) is 13.8 Å². The van der Waals surface area contributed by atoms with Crippen molar-refractivity contribution in [1.82, 2.24) is 14.1 Å². The molecule has 0 unspecified atom stereocenters. The minimum Gasteiger partial charge on any atom is -0.345 e. The highest BCUT2D eigenvalue weighted by molar-refractivity contribution is 7.89. The van der Waals surface area contributed by atoms with E-state index in [0.29, 0.717) is 39.1 Å². The van der Waals surface area contributed by atoms with Crippen molar-refractivity contribution in [2.75, 3.05) is 45.5 Å². The summed E-state index contributed by atoms with van der Waals surface area (Å²) >= 11 is 0. The summed E-state index contributed by atoms with van der Waals surface area (Å²) in [6, 6.07) is 0. The lowest BCUT2D eigenvalue weighted by Crippen LogP contribution is -2.46. The molecular formula is C15H27N3O4S. The van der Waals surface area contributed by atoms with E-state index in [0.717, 1.165) is 0 Å². The van der Waals surface area contributed by atoms with Crippen LogP contribution in [-0.2, 0) is 19.6 Å². The molecule has 2 saturated heterocycles. The van der Waals surface area contributed by atoms with Crippen LogP contribution >= 0.6 is 0 Å². The van der Waals surface area contributed by atoms with Crippen molar-refractivity contribution in [3.63, 3.8) is 0 Å². The Bertz CT molecular complexity index is 590.